The summed E-state index contributed by atoms with van der Waals surface area (Å²) in [6, 6.07) is 0. The maximum absolute atomic E-state index is 11.1. The predicted octanol–water partition coefficient (Wildman–Crippen LogP) is 2.69. The van der Waals surface area contributed by atoms with Crippen LogP contribution >= 0.6 is 12.6 Å². The first kappa shape index (κ1) is 18.0. The summed E-state index contributed by atoms with van der Waals surface area (Å²) in [5.74, 6) is 0.999. The van der Waals surface area contributed by atoms with E-state index in [1.165, 1.54) is 19.3 Å². The van der Waals surface area contributed by atoms with Gasteiger partial charge in [-0.05, 0) is 12.3 Å². The van der Waals surface area contributed by atoms with Crippen molar-refractivity contribution in [1.29, 1.82) is 0 Å². The molecule has 0 amide bonds. The topological polar surface area (TPSA) is 26.3 Å². The van der Waals surface area contributed by atoms with Gasteiger partial charge in [-0.1, -0.05) is 33.1 Å². The largest absolute Gasteiger partial charge is 5.00 e. The zero-order valence-electron chi connectivity index (χ0n) is 9.74. The summed E-state index contributed by atoms with van der Waals surface area (Å²) in [5, 5.41) is 0. The second-order valence-electron chi connectivity index (χ2n) is 3.57. The molecular formula is C11H22O2SSb+5. The van der Waals surface area contributed by atoms with Crippen molar-refractivity contribution < 1.29 is 9.53 Å². The SMILES string of the molecule is CCCCC(CC)COC(=O)CCS.[Sb+5]. The van der Waals surface area contributed by atoms with Crippen LogP contribution in [-0.4, -0.2) is 42.8 Å². The second kappa shape index (κ2) is 12.7. The molecule has 0 fully saturated rings. The van der Waals surface area contributed by atoms with Gasteiger partial charge in [0.2, 0.25) is 0 Å². The average Bonchev–Trinajstić information content (AvgIpc) is 2.19. The number of hydrogen-bond donors (Lipinski definition) is 1. The van der Waals surface area contributed by atoms with Gasteiger partial charge < -0.3 is 4.74 Å². The van der Waals surface area contributed by atoms with Crippen LogP contribution in [0.2, 0.25) is 0 Å². The molecule has 4 heteroatoms. The third kappa shape index (κ3) is 10.9. The summed E-state index contributed by atoms with van der Waals surface area (Å²) >= 11 is 3.98. The van der Waals surface area contributed by atoms with Crippen molar-refractivity contribution in [3.63, 3.8) is 0 Å². The van der Waals surface area contributed by atoms with E-state index in [1.54, 1.807) is 0 Å². The number of unbranched alkanes of at least 4 members (excludes halogenated alkanes) is 1. The number of thiol groups is 1. The van der Waals surface area contributed by atoms with Crippen LogP contribution in [0.4, 0.5) is 0 Å². The fourth-order valence-electron chi connectivity index (χ4n) is 1.27. The Labute approximate surface area is 116 Å². The van der Waals surface area contributed by atoms with E-state index in [-0.39, 0.29) is 30.4 Å². The van der Waals surface area contributed by atoms with Crippen molar-refractivity contribution in [1.82, 2.24) is 0 Å². The Balaban J connectivity index is 0. The minimum Gasteiger partial charge on any atom is -0.465 e. The molecule has 0 saturated carbocycles. The molecule has 0 aliphatic heterocycles. The number of esters is 1. The van der Waals surface area contributed by atoms with Crippen LogP contribution in [-0.2, 0) is 9.53 Å². The van der Waals surface area contributed by atoms with Crippen LogP contribution in [0, 0.1) is 5.92 Å². The summed E-state index contributed by atoms with van der Waals surface area (Å²) in [7, 11) is 0. The zero-order valence-corrected chi connectivity index (χ0v) is 13.2. The van der Waals surface area contributed by atoms with E-state index in [1.807, 2.05) is 0 Å². The van der Waals surface area contributed by atoms with Crippen molar-refractivity contribution in [2.45, 2.75) is 46.0 Å². The summed E-state index contributed by atoms with van der Waals surface area (Å²) in [5.41, 5.74) is 0. The normalized spacial score (nSPS) is 11.7. The number of carbonyl (C=O) groups excluding carboxylic acids is 1. The van der Waals surface area contributed by atoms with E-state index in [9.17, 15) is 4.79 Å². The van der Waals surface area contributed by atoms with Crippen LogP contribution in [0.15, 0.2) is 0 Å². The van der Waals surface area contributed by atoms with E-state index in [2.05, 4.69) is 26.5 Å². The number of rotatable bonds is 8. The van der Waals surface area contributed by atoms with E-state index in [0.717, 1.165) is 6.42 Å². The molecule has 0 aromatic heterocycles. The van der Waals surface area contributed by atoms with Crippen molar-refractivity contribution in [2.75, 3.05) is 12.4 Å². The van der Waals surface area contributed by atoms with Gasteiger partial charge in [0.25, 0.3) is 0 Å². The van der Waals surface area contributed by atoms with E-state index < -0.39 is 0 Å². The first-order valence-electron chi connectivity index (χ1n) is 5.51. The van der Waals surface area contributed by atoms with Gasteiger partial charge in [-0.25, -0.2) is 0 Å². The molecule has 0 spiro atoms. The molecule has 0 aromatic rings. The van der Waals surface area contributed by atoms with E-state index >= 15 is 0 Å². The second-order valence-corrected chi connectivity index (χ2v) is 4.02. The number of hydrogen-bond acceptors (Lipinski definition) is 3. The molecule has 0 aromatic carbocycles. The molecular weight excluding hydrogens is 318 g/mol. The van der Waals surface area contributed by atoms with Crippen molar-refractivity contribution in [3.05, 3.63) is 0 Å². The Morgan fingerprint density at radius 2 is 2.07 bits per heavy atom. The first-order chi connectivity index (χ1) is 6.74. The third-order valence-electron chi connectivity index (χ3n) is 2.34. The van der Waals surface area contributed by atoms with Crippen molar-refractivity contribution >= 4 is 43.0 Å². The molecule has 1 unspecified atom stereocenters. The summed E-state index contributed by atoms with van der Waals surface area (Å²) in [6.07, 6.45) is 5.12. The van der Waals surface area contributed by atoms with Gasteiger partial charge in [-0.15, -0.1) is 0 Å². The number of ether oxygens (including phenoxy) is 1. The Hall–Kier alpha value is 0.638. The Bertz CT molecular complexity index is 154. The molecule has 1 atom stereocenters. The molecule has 2 nitrogen and oxygen atoms in total. The van der Waals surface area contributed by atoms with Gasteiger partial charge >= 0.3 is 30.4 Å². The van der Waals surface area contributed by atoms with Gasteiger partial charge in [-0.2, -0.15) is 12.6 Å². The maximum Gasteiger partial charge on any atom is 5.00 e. The van der Waals surface area contributed by atoms with Gasteiger partial charge in [0, 0.05) is 5.75 Å². The van der Waals surface area contributed by atoms with E-state index in [4.69, 9.17) is 4.74 Å². The molecule has 0 heterocycles. The van der Waals surface area contributed by atoms with Crippen LogP contribution in [0.3, 0.4) is 0 Å². The van der Waals surface area contributed by atoms with Gasteiger partial charge in [0.1, 0.15) is 0 Å². The van der Waals surface area contributed by atoms with Crippen molar-refractivity contribution in [2.24, 2.45) is 5.92 Å². The third-order valence-corrected chi connectivity index (χ3v) is 2.56. The summed E-state index contributed by atoms with van der Waals surface area (Å²) < 4.78 is 5.14. The quantitative estimate of drug-likeness (QED) is 0.418. The minimum atomic E-state index is -0.116. The van der Waals surface area contributed by atoms with Crippen LogP contribution in [0.5, 0.6) is 0 Å². The molecule has 0 radical (unpaired) electrons. The monoisotopic (exact) mass is 339 g/mol. The van der Waals surface area contributed by atoms with Gasteiger partial charge in [0.05, 0.1) is 13.0 Å². The first-order valence-corrected chi connectivity index (χ1v) is 6.14. The molecule has 0 bridgehead atoms. The Kier molecular flexibility index (Phi) is 15.3. The summed E-state index contributed by atoms with van der Waals surface area (Å²) in [4.78, 5) is 11.1. The predicted molar refractivity (Wildman–Crippen MR) is 68.5 cm³/mol. The van der Waals surface area contributed by atoms with Crippen LogP contribution in [0.25, 0.3) is 0 Å². The molecule has 0 aliphatic carbocycles. The smallest absolute Gasteiger partial charge is 0.465 e. The average molecular weight is 340 g/mol. The minimum absolute atomic E-state index is 0. The zero-order chi connectivity index (χ0) is 10.8. The molecule has 0 saturated heterocycles. The Morgan fingerprint density at radius 1 is 1.40 bits per heavy atom. The molecule has 15 heavy (non-hydrogen) atoms. The molecule has 0 rings (SSSR count). The number of carbonyl (C=O) groups is 1. The Morgan fingerprint density at radius 3 is 2.53 bits per heavy atom. The van der Waals surface area contributed by atoms with Gasteiger partial charge in [-0.3, -0.25) is 4.79 Å². The maximum atomic E-state index is 11.1. The molecule has 0 N–H and O–H groups in total. The van der Waals surface area contributed by atoms with Crippen LogP contribution < -0.4 is 0 Å². The molecule has 84 valence electrons. The fourth-order valence-corrected chi connectivity index (χ4v) is 1.45. The van der Waals surface area contributed by atoms with Gasteiger partial charge in [0.15, 0.2) is 0 Å². The standard InChI is InChI=1S/C11H22O2S.Sb/c1-3-5-6-10(4-2)9-13-11(12)7-8-14;/h10,14H,3-9H2,1-2H3;/q;+5. The molecule has 0 aliphatic rings. The van der Waals surface area contributed by atoms with E-state index in [0.29, 0.717) is 24.7 Å². The van der Waals surface area contributed by atoms with Crippen LogP contribution in [0.1, 0.15) is 46.0 Å². The van der Waals surface area contributed by atoms with Crippen molar-refractivity contribution in [3.8, 4) is 0 Å². The summed E-state index contributed by atoms with van der Waals surface area (Å²) in [6.45, 7) is 4.91. The fraction of sp³-hybridized carbons (Fsp3) is 0.909.